The number of fused-ring (bicyclic) bond motifs is 1. The van der Waals surface area contributed by atoms with Crippen LogP contribution in [-0.2, 0) is 6.42 Å². The third-order valence-electron chi connectivity index (χ3n) is 4.11. The van der Waals surface area contributed by atoms with Gasteiger partial charge in [0.25, 0.3) is 0 Å². The van der Waals surface area contributed by atoms with Gasteiger partial charge in [-0.15, -0.1) is 11.3 Å². The molecule has 3 rings (SSSR count). The summed E-state index contributed by atoms with van der Waals surface area (Å²) in [5, 5.41) is 3.26. The first-order valence-electron chi connectivity index (χ1n) is 6.00. The minimum absolute atomic E-state index is 0.365. The lowest BCUT2D eigenvalue weighted by Crippen LogP contribution is -2.26. The van der Waals surface area contributed by atoms with E-state index in [2.05, 4.69) is 4.98 Å². The van der Waals surface area contributed by atoms with Gasteiger partial charge in [-0.2, -0.15) is 0 Å². The highest BCUT2D eigenvalue weighted by Crippen LogP contribution is 2.56. The van der Waals surface area contributed by atoms with Gasteiger partial charge in [0.15, 0.2) is 0 Å². The Hall–Kier alpha value is -0.410. The number of nitrogens with zero attached hydrogens (tertiary/aromatic N) is 1. The van der Waals surface area contributed by atoms with Crippen LogP contribution in [0.3, 0.4) is 0 Å². The van der Waals surface area contributed by atoms with Crippen LogP contribution >= 0.6 is 11.3 Å². The molecule has 1 aromatic rings. The first kappa shape index (κ1) is 9.79. The van der Waals surface area contributed by atoms with E-state index < -0.39 is 0 Å². The summed E-state index contributed by atoms with van der Waals surface area (Å²) in [4.78, 5) is 4.32. The van der Waals surface area contributed by atoms with Crippen molar-refractivity contribution in [3.05, 3.63) is 16.6 Å². The molecular formula is C12H18N2S. The van der Waals surface area contributed by atoms with Crippen molar-refractivity contribution in [2.75, 3.05) is 0 Å². The van der Waals surface area contributed by atoms with Crippen molar-refractivity contribution in [3.63, 3.8) is 0 Å². The molecule has 0 radical (unpaired) electrons. The van der Waals surface area contributed by atoms with E-state index in [0.717, 1.165) is 24.2 Å². The predicted molar refractivity (Wildman–Crippen MR) is 62.7 cm³/mol. The molecule has 2 saturated carbocycles. The molecule has 1 aromatic heterocycles. The Morgan fingerprint density at radius 2 is 2.13 bits per heavy atom. The van der Waals surface area contributed by atoms with Crippen molar-refractivity contribution in [3.8, 4) is 0 Å². The molecule has 3 unspecified atom stereocenters. The summed E-state index contributed by atoms with van der Waals surface area (Å²) >= 11 is 1.74. The van der Waals surface area contributed by atoms with Gasteiger partial charge in [0.1, 0.15) is 0 Å². The summed E-state index contributed by atoms with van der Waals surface area (Å²) in [6.45, 7) is 0. The third-order valence-corrected chi connectivity index (χ3v) is 4.91. The van der Waals surface area contributed by atoms with Gasteiger partial charge in [0.2, 0.25) is 0 Å². The lowest BCUT2D eigenvalue weighted by molar-refractivity contribution is 0.480. The minimum Gasteiger partial charge on any atom is -0.327 e. The number of thiazole rings is 1. The lowest BCUT2D eigenvalue weighted by Gasteiger charge is -2.08. The summed E-state index contributed by atoms with van der Waals surface area (Å²) in [7, 11) is 0. The van der Waals surface area contributed by atoms with Crippen molar-refractivity contribution in [2.24, 2.45) is 23.5 Å². The fourth-order valence-electron chi connectivity index (χ4n) is 3.37. The van der Waals surface area contributed by atoms with Crippen LogP contribution < -0.4 is 5.73 Å². The quantitative estimate of drug-likeness (QED) is 0.853. The van der Waals surface area contributed by atoms with Gasteiger partial charge in [0, 0.05) is 24.0 Å². The molecule has 3 atom stereocenters. The molecule has 15 heavy (non-hydrogen) atoms. The molecule has 1 heterocycles. The summed E-state index contributed by atoms with van der Waals surface area (Å²) in [5.74, 6) is 2.75. The zero-order valence-corrected chi connectivity index (χ0v) is 9.75. The van der Waals surface area contributed by atoms with Crippen molar-refractivity contribution >= 4 is 11.3 Å². The summed E-state index contributed by atoms with van der Waals surface area (Å²) in [6.07, 6.45) is 8.60. The van der Waals surface area contributed by atoms with Crippen LogP contribution in [0.2, 0.25) is 0 Å². The van der Waals surface area contributed by atoms with E-state index in [1.807, 2.05) is 11.6 Å². The van der Waals surface area contributed by atoms with Crippen LogP contribution in [-0.4, -0.2) is 11.0 Å². The molecule has 0 saturated heterocycles. The highest BCUT2D eigenvalue weighted by atomic mass is 32.1. The number of aromatic nitrogens is 1. The molecule has 82 valence electrons. The van der Waals surface area contributed by atoms with Gasteiger partial charge in [-0.25, -0.2) is 4.98 Å². The van der Waals surface area contributed by atoms with E-state index in [0.29, 0.717) is 6.04 Å². The molecule has 2 N–H and O–H groups in total. The van der Waals surface area contributed by atoms with Crippen LogP contribution in [0.25, 0.3) is 0 Å². The van der Waals surface area contributed by atoms with Crippen molar-refractivity contribution in [1.29, 1.82) is 0 Å². The molecule has 2 nitrogen and oxygen atoms in total. The van der Waals surface area contributed by atoms with Crippen molar-refractivity contribution < 1.29 is 0 Å². The van der Waals surface area contributed by atoms with Gasteiger partial charge in [-0.05, 0) is 30.6 Å². The van der Waals surface area contributed by atoms with Gasteiger partial charge in [-0.3, -0.25) is 0 Å². The van der Waals surface area contributed by atoms with Crippen LogP contribution in [0.5, 0.6) is 0 Å². The molecule has 0 aromatic carbocycles. The predicted octanol–water partition coefficient (Wildman–Crippen LogP) is 2.45. The van der Waals surface area contributed by atoms with Gasteiger partial charge >= 0.3 is 0 Å². The Balaban J connectivity index is 1.59. The normalized spacial score (nSPS) is 35.9. The van der Waals surface area contributed by atoms with Crippen LogP contribution in [0.4, 0.5) is 0 Å². The second-order valence-corrected chi connectivity index (χ2v) is 5.96. The third kappa shape index (κ3) is 1.83. The van der Waals surface area contributed by atoms with Gasteiger partial charge in [0.05, 0.1) is 5.01 Å². The Kier molecular flexibility index (Phi) is 2.53. The second-order valence-electron chi connectivity index (χ2n) is 4.98. The minimum atomic E-state index is 0.365. The largest absolute Gasteiger partial charge is 0.327 e. The number of hydrogen-bond donors (Lipinski definition) is 1. The molecule has 0 bridgehead atoms. The highest BCUT2D eigenvalue weighted by molar-refractivity contribution is 7.09. The Bertz CT molecular complexity index is 310. The molecule has 0 amide bonds. The first-order valence-corrected chi connectivity index (χ1v) is 6.88. The Labute approximate surface area is 94.9 Å². The molecule has 0 spiro atoms. The lowest BCUT2D eigenvalue weighted by atomic mass is 10.0. The number of hydrogen-bond acceptors (Lipinski definition) is 3. The maximum absolute atomic E-state index is 6.30. The van der Waals surface area contributed by atoms with E-state index in [9.17, 15) is 0 Å². The van der Waals surface area contributed by atoms with Crippen LogP contribution in [0, 0.1) is 17.8 Å². The summed E-state index contributed by atoms with van der Waals surface area (Å²) in [6, 6.07) is 0.365. The van der Waals surface area contributed by atoms with Crippen LogP contribution in [0.1, 0.15) is 30.7 Å². The second kappa shape index (κ2) is 3.87. The van der Waals surface area contributed by atoms with Gasteiger partial charge in [-0.1, -0.05) is 12.8 Å². The monoisotopic (exact) mass is 222 g/mol. The Morgan fingerprint density at radius 3 is 2.73 bits per heavy atom. The number of nitrogens with two attached hydrogens (primary N) is 1. The van der Waals surface area contributed by atoms with Gasteiger partial charge < -0.3 is 5.73 Å². The van der Waals surface area contributed by atoms with E-state index in [1.54, 1.807) is 11.3 Å². The molecule has 3 heteroatoms. The fourth-order valence-corrected chi connectivity index (χ4v) is 4.06. The van der Waals surface area contributed by atoms with Crippen LogP contribution in [0.15, 0.2) is 11.6 Å². The first-order chi connectivity index (χ1) is 7.36. The fraction of sp³-hybridized carbons (Fsp3) is 0.750. The molecule has 2 aliphatic carbocycles. The topological polar surface area (TPSA) is 38.9 Å². The average molecular weight is 222 g/mol. The SMILES string of the molecule is NC(Cc1nccs1)C1C2CCCCC21. The molecule has 2 aliphatic rings. The Morgan fingerprint density at radius 1 is 1.40 bits per heavy atom. The average Bonchev–Trinajstić information content (AvgIpc) is 2.77. The smallest absolute Gasteiger partial charge is 0.0940 e. The summed E-state index contributed by atoms with van der Waals surface area (Å²) < 4.78 is 0. The highest BCUT2D eigenvalue weighted by Gasteiger charge is 2.52. The van der Waals surface area contributed by atoms with Crippen molar-refractivity contribution in [1.82, 2.24) is 4.98 Å². The zero-order chi connectivity index (χ0) is 10.3. The van der Waals surface area contributed by atoms with E-state index >= 15 is 0 Å². The zero-order valence-electron chi connectivity index (χ0n) is 8.93. The summed E-state index contributed by atoms with van der Waals surface area (Å²) in [5.41, 5.74) is 6.30. The molecule has 0 aliphatic heterocycles. The molecule has 2 fully saturated rings. The molecular weight excluding hydrogens is 204 g/mol. The number of rotatable bonds is 3. The van der Waals surface area contributed by atoms with E-state index in [4.69, 9.17) is 5.73 Å². The van der Waals surface area contributed by atoms with E-state index in [-0.39, 0.29) is 0 Å². The van der Waals surface area contributed by atoms with E-state index in [1.165, 1.54) is 30.7 Å². The maximum Gasteiger partial charge on any atom is 0.0940 e. The maximum atomic E-state index is 6.30. The van der Waals surface area contributed by atoms with Crippen molar-refractivity contribution in [2.45, 2.75) is 38.1 Å². The standard InChI is InChI=1S/C12H18N2S/c13-10(7-11-14-5-6-15-11)12-8-3-1-2-4-9(8)12/h5-6,8-10,12H,1-4,7,13H2.